The molecule has 5 heterocycles. The van der Waals surface area contributed by atoms with Crippen molar-refractivity contribution in [3.05, 3.63) is 66.9 Å². The number of pyridine rings is 2. The van der Waals surface area contributed by atoms with Crippen molar-refractivity contribution in [2.24, 2.45) is 0 Å². The Labute approximate surface area is 178 Å². The first-order valence-corrected chi connectivity index (χ1v) is 10.1. The minimum Gasteiger partial charge on any atom is -0.381 e. The second kappa shape index (κ2) is 8.49. The van der Waals surface area contributed by atoms with E-state index in [1.165, 1.54) is 0 Å². The molecule has 1 amide bonds. The first-order valence-electron chi connectivity index (χ1n) is 10.1. The van der Waals surface area contributed by atoms with Crippen molar-refractivity contribution in [2.75, 3.05) is 18.5 Å². The van der Waals surface area contributed by atoms with Gasteiger partial charge in [-0.05, 0) is 37.1 Å². The summed E-state index contributed by atoms with van der Waals surface area (Å²) in [6.07, 6.45) is 8.75. The lowest BCUT2D eigenvalue weighted by Gasteiger charge is -2.22. The zero-order valence-electron chi connectivity index (χ0n) is 16.7. The number of nitrogens with one attached hydrogen (secondary N) is 2. The van der Waals surface area contributed by atoms with Gasteiger partial charge in [-0.3, -0.25) is 19.6 Å². The molecule has 1 aliphatic heterocycles. The van der Waals surface area contributed by atoms with E-state index in [1.54, 1.807) is 30.7 Å². The molecule has 2 N–H and O–H groups in total. The van der Waals surface area contributed by atoms with Crippen LogP contribution in [0.25, 0.3) is 22.6 Å². The van der Waals surface area contributed by atoms with Gasteiger partial charge in [0.05, 0.1) is 29.3 Å². The van der Waals surface area contributed by atoms with Crippen molar-refractivity contribution < 1.29 is 9.53 Å². The molecule has 0 unspecified atom stereocenters. The number of aromatic amines is 1. The number of ether oxygens (including phenoxy) is 1. The van der Waals surface area contributed by atoms with E-state index in [4.69, 9.17) is 9.84 Å². The zero-order chi connectivity index (χ0) is 21.0. The maximum Gasteiger partial charge on any atom is 0.274 e. The first-order chi connectivity index (χ1) is 15.3. The van der Waals surface area contributed by atoms with Crippen LogP contribution >= 0.6 is 0 Å². The van der Waals surface area contributed by atoms with Crippen LogP contribution in [0, 0.1) is 0 Å². The van der Waals surface area contributed by atoms with Gasteiger partial charge in [0.25, 0.3) is 5.91 Å². The number of rotatable bonds is 5. The maximum atomic E-state index is 13.0. The van der Waals surface area contributed by atoms with E-state index in [1.807, 2.05) is 35.1 Å². The Kier molecular flexibility index (Phi) is 5.24. The number of carbonyl (C=O) groups excluding carboxylic acids is 1. The number of nitrogens with zero attached hydrogens (tertiary/aromatic N) is 5. The predicted octanol–water partition coefficient (Wildman–Crippen LogP) is 3.33. The summed E-state index contributed by atoms with van der Waals surface area (Å²) in [5.41, 5.74) is 3.73. The van der Waals surface area contributed by atoms with Gasteiger partial charge in [0.15, 0.2) is 0 Å². The summed E-state index contributed by atoms with van der Waals surface area (Å²) in [6.45, 7) is 1.41. The van der Waals surface area contributed by atoms with Crippen LogP contribution in [0.4, 0.5) is 5.69 Å². The minimum absolute atomic E-state index is 0.226. The van der Waals surface area contributed by atoms with Crippen LogP contribution in [0.5, 0.6) is 0 Å². The summed E-state index contributed by atoms with van der Waals surface area (Å²) in [5.74, 6) is -0.311. The molecule has 4 aromatic rings. The number of anilines is 1. The molecular weight excluding hydrogens is 394 g/mol. The van der Waals surface area contributed by atoms with Gasteiger partial charge in [-0.15, -0.1) is 0 Å². The van der Waals surface area contributed by atoms with Crippen LogP contribution in [-0.2, 0) is 4.74 Å². The van der Waals surface area contributed by atoms with Crippen molar-refractivity contribution in [3.63, 3.8) is 0 Å². The van der Waals surface area contributed by atoms with Crippen molar-refractivity contribution >= 4 is 11.6 Å². The third-order valence-electron chi connectivity index (χ3n) is 5.23. The quantitative estimate of drug-likeness (QED) is 0.517. The van der Waals surface area contributed by atoms with Gasteiger partial charge in [0.2, 0.25) is 0 Å². The molecule has 0 saturated carbocycles. The molecule has 0 aliphatic carbocycles. The topological polar surface area (TPSA) is 111 Å². The predicted molar refractivity (Wildman–Crippen MR) is 114 cm³/mol. The Bertz CT molecular complexity index is 1170. The molecule has 156 valence electrons. The fraction of sp³-hybridized carbons (Fsp3) is 0.227. The Hall–Kier alpha value is -3.85. The molecule has 5 rings (SSSR count). The molecule has 1 aliphatic rings. The highest BCUT2D eigenvalue weighted by Gasteiger charge is 2.22. The van der Waals surface area contributed by atoms with Crippen molar-refractivity contribution in [1.29, 1.82) is 0 Å². The lowest BCUT2D eigenvalue weighted by atomic mass is 10.1. The number of aromatic nitrogens is 6. The van der Waals surface area contributed by atoms with Gasteiger partial charge >= 0.3 is 0 Å². The first kappa shape index (κ1) is 19.1. The Morgan fingerprint density at radius 3 is 2.77 bits per heavy atom. The second-order valence-corrected chi connectivity index (χ2v) is 7.28. The van der Waals surface area contributed by atoms with Gasteiger partial charge in [-0.1, -0.05) is 12.1 Å². The summed E-state index contributed by atoms with van der Waals surface area (Å²) < 4.78 is 7.38. The van der Waals surface area contributed by atoms with E-state index in [9.17, 15) is 4.79 Å². The number of hydrogen-bond donors (Lipinski definition) is 2. The number of carbonyl (C=O) groups is 1. The van der Waals surface area contributed by atoms with Crippen LogP contribution in [0.15, 0.2) is 61.2 Å². The van der Waals surface area contributed by atoms with Gasteiger partial charge in [0, 0.05) is 37.4 Å². The molecular formula is C22H21N7O2. The van der Waals surface area contributed by atoms with E-state index < -0.39 is 0 Å². The monoisotopic (exact) mass is 415 g/mol. The van der Waals surface area contributed by atoms with Crippen LogP contribution in [-0.4, -0.2) is 49.1 Å². The van der Waals surface area contributed by atoms with Crippen molar-refractivity contribution in [2.45, 2.75) is 18.9 Å². The van der Waals surface area contributed by atoms with E-state index in [-0.39, 0.29) is 11.9 Å². The van der Waals surface area contributed by atoms with Crippen LogP contribution < -0.4 is 5.32 Å². The summed E-state index contributed by atoms with van der Waals surface area (Å²) in [5, 5.41) is 14.4. The second-order valence-electron chi connectivity index (χ2n) is 7.28. The zero-order valence-corrected chi connectivity index (χ0v) is 16.7. The number of hydrogen-bond acceptors (Lipinski definition) is 6. The largest absolute Gasteiger partial charge is 0.381 e. The summed E-state index contributed by atoms with van der Waals surface area (Å²) in [6, 6.07) is 11.2. The molecule has 9 nitrogen and oxygen atoms in total. The molecule has 31 heavy (non-hydrogen) atoms. The maximum absolute atomic E-state index is 13.0. The standard InChI is InChI=1S/C22H21N7O2/c30-22(19-6-3-5-17(26-19)15-12-24-25-13-15)27-20-14-29(16-7-10-31-11-8-16)28-21(20)18-4-1-2-9-23-18/h1-6,9,12-14,16H,7-8,10-11H2,(H,24,25)(H,27,30). The average molecular weight is 415 g/mol. The lowest BCUT2D eigenvalue weighted by Crippen LogP contribution is -2.20. The molecule has 9 heteroatoms. The van der Waals surface area contributed by atoms with Gasteiger partial charge in [-0.2, -0.15) is 10.2 Å². The van der Waals surface area contributed by atoms with E-state index in [0.29, 0.717) is 41.7 Å². The van der Waals surface area contributed by atoms with Crippen LogP contribution in [0.1, 0.15) is 29.4 Å². The van der Waals surface area contributed by atoms with Crippen LogP contribution in [0.2, 0.25) is 0 Å². The van der Waals surface area contributed by atoms with E-state index in [0.717, 1.165) is 18.4 Å². The fourth-order valence-corrected chi connectivity index (χ4v) is 3.61. The number of amides is 1. The smallest absolute Gasteiger partial charge is 0.274 e. The highest BCUT2D eigenvalue weighted by atomic mass is 16.5. The SMILES string of the molecule is O=C(Nc1cn(C2CCOCC2)nc1-c1ccccn1)c1cccc(-c2cn[nH]c2)n1. The molecule has 0 aromatic carbocycles. The van der Waals surface area contributed by atoms with Gasteiger partial charge in [-0.25, -0.2) is 4.98 Å². The van der Waals surface area contributed by atoms with E-state index >= 15 is 0 Å². The normalized spacial score (nSPS) is 14.5. The van der Waals surface area contributed by atoms with Crippen molar-refractivity contribution in [3.8, 4) is 22.6 Å². The average Bonchev–Trinajstić information content (AvgIpc) is 3.51. The van der Waals surface area contributed by atoms with Crippen LogP contribution in [0.3, 0.4) is 0 Å². The molecule has 0 bridgehead atoms. The van der Waals surface area contributed by atoms with Crippen molar-refractivity contribution in [1.82, 2.24) is 29.9 Å². The van der Waals surface area contributed by atoms with Gasteiger partial charge < -0.3 is 10.1 Å². The molecule has 0 spiro atoms. The Balaban J connectivity index is 1.46. The summed E-state index contributed by atoms with van der Waals surface area (Å²) in [4.78, 5) is 21.9. The highest BCUT2D eigenvalue weighted by Crippen LogP contribution is 2.29. The molecule has 0 radical (unpaired) electrons. The lowest BCUT2D eigenvalue weighted by molar-refractivity contribution is 0.0663. The third-order valence-corrected chi connectivity index (χ3v) is 5.23. The summed E-state index contributed by atoms with van der Waals surface area (Å²) in [7, 11) is 0. The number of H-pyrrole nitrogens is 1. The Morgan fingerprint density at radius 2 is 2.00 bits per heavy atom. The Morgan fingerprint density at radius 1 is 1.13 bits per heavy atom. The summed E-state index contributed by atoms with van der Waals surface area (Å²) >= 11 is 0. The molecule has 0 atom stereocenters. The molecule has 1 fully saturated rings. The van der Waals surface area contributed by atoms with E-state index in [2.05, 4.69) is 25.5 Å². The highest BCUT2D eigenvalue weighted by molar-refractivity contribution is 6.04. The fourth-order valence-electron chi connectivity index (χ4n) is 3.61. The van der Waals surface area contributed by atoms with Gasteiger partial charge in [0.1, 0.15) is 11.4 Å². The third kappa shape index (κ3) is 4.08. The molecule has 1 saturated heterocycles. The minimum atomic E-state index is -0.311. The molecule has 4 aromatic heterocycles.